The first kappa shape index (κ1) is 15.1. The molecule has 0 aromatic rings. The second-order valence-corrected chi connectivity index (χ2v) is 4.83. The fraction of sp³-hybridized carbons (Fsp3) is 0.800. The Bertz CT molecular complexity index is 246. The largest absolute Gasteiger partial charge is 0.480 e. The molecule has 0 heterocycles. The molecule has 2 amide bonds. The van der Waals surface area contributed by atoms with Crippen molar-refractivity contribution in [1.29, 1.82) is 0 Å². The van der Waals surface area contributed by atoms with Gasteiger partial charge in [-0.15, -0.1) is 0 Å². The Morgan fingerprint density at radius 1 is 1.38 bits per heavy atom. The van der Waals surface area contributed by atoms with Crippen LogP contribution in [0.4, 0.5) is 4.79 Å². The van der Waals surface area contributed by atoms with Crippen molar-refractivity contribution in [3.05, 3.63) is 0 Å². The number of carbonyl (C=O) groups is 2. The van der Waals surface area contributed by atoms with Crippen LogP contribution in [-0.4, -0.2) is 52.6 Å². The molecule has 16 heavy (non-hydrogen) atoms. The summed E-state index contributed by atoms with van der Waals surface area (Å²) in [6.45, 7) is 5.21. The molecule has 0 aromatic carbocycles. The lowest BCUT2D eigenvalue weighted by Crippen LogP contribution is -2.49. The number of carboxylic acids is 1. The maximum atomic E-state index is 11.7. The van der Waals surface area contributed by atoms with Crippen molar-refractivity contribution >= 4 is 23.8 Å². The summed E-state index contributed by atoms with van der Waals surface area (Å²) in [7, 11) is 0. The van der Waals surface area contributed by atoms with E-state index in [-0.39, 0.29) is 24.7 Å². The zero-order chi connectivity index (χ0) is 12.7. The second kappa shape index (κ2) is 7.38. The van der Waals surface area contributed by atoms with E-state index in [9.17, 15) is 9.59 Å². The molecule has 0 aromatic heterocycles. The van der Waals surface area contributed by atoms with E-state index in [0.717, 1.165) is 5.75 Å². The summed E-state index contributed by atoms with van der Waals surface area (Å²) in [5.74, 6) is -0.188. The summed E-state index contributed by atoms with van der Waals surface area (Å²) in [5, 5.41) is 11.5. The first-order chi connectivity index (χ1) is 7.38. The fourth-order valence-electron chi connectivity index (χ4n) is 1.22. The van der Waals surface area contributed by atoms with Crippen LogP contribution in [0.25, 0.3) is 0 Å². The minimum absolute atomic E-state index is 0.0394. The molecule has 94 valence electrons. The van der Waals surface area contributed by atoms with Crippen LogP contribution in [0.2, 0.25) is 0 Å². The number of aliphatic carboxylic acids is 1. The van der Waals surface area contributed by atoms with Crippen LogP contribution in [0.5, 0.6) is 0 Å². The molecular formula is C10H20N2O3S. The Balaban J connectivity index is 4.32. The van der Waals surface area contributed by atoms with Crippen molar-refractivity contribution in [2.24, 2.45) is 0 Å². The van der Waals surface area contributed by atoms with Gasteiger partial charge in [0.1, 0.15) is 6.54 Å². The number of hydrogen-bond donors (Lipinski definition) is 2. The second-order valence-electron chi connectivity index (χ2n) is 3.92. The summed E-state index contributed by atoms with van der Waals surface area (Å²) in [4.78, 5) is 23.7. The number of carbonyl (C=O) groups excluding carboxylic acids is 1. The van der Waals surface area contributed by atoms with Gasteiger partial charge in [0.2, 0.25) is 0 Å². The molecule has 1 atom stereocenters. The van der Waals surface area contributed by atoms with Crippen LogP contribution < -0.4 is 5.32 Å². The molecule has 0 saturated heterocycles. The summed E-state index contributed by atoms with van der Waals surface area (Å²) in [6.07, 6.45) is 1.96. The third kappa shape index (κ3) is 5.85. The molecule has 5 nitrogen and oxygen atoms in total. The summed E-state index contributed by atoms with van der Waals surface area (Å²) in [5.41, 5.74) is 0. The number of nitrogens with zero attached hydrogens (tertiary/aromatic N) is 1. The molecule has 2 N–H and O–H groups in total. The van der Waals surface area contributed by atoms with E-state index >= 15 is 0 Å². The van der Waals surface area contributed by atoms with E-state index in [0.29, 0.717) is 0 Å². The average molecular weight is 248 g/mol. The van der Waals surface area contributed by atoms with Crippen molar-refractivity contribution in [3.63, 3.8) is 0 Å². The van der Waals surface area contributed by atoms with Crippen LogP contribution >= 0.6 is 11.8 Å². The van der Waals surface area contributed by atoms with Gasteiger partial charge in [0.25, 0.3) is 0 Å². The lowest BCUT2D eigenvalue weighted by atomic mass is 10.3. The van der Waals surface area contributed by atoms with Crippen molar-refractivity contribution in [2.45, 2.75) is 32.9 Å². The van der Waals surface area contributed by atoms with Crippen LogP contribution in [0, 0.1) is 0 Å². The van der Waals surface area contributed by atoms with E-state index in [1.54, 1.807) is 25.6 Å². The van der Waals surface area contributed by atoms with Gasteiger partial charge in [-0.2, -0.15) is 11.8 Å². The molecule has 1 unspecified atom stereocenters. The van der Waals surface area contributed by atoms with E-state index < -0.39 is 5.97 Å². The first-order valence-electron chi connectivity index (χ1n) is 5.16. The van der Waals surface area contributed by atoms with Gasteiger partial charge in [-0.1, -0.05) is 0 Å². The Hall–Kier alpha value is -0.910. The molecule has 0 aliphatic rings. The van der Waals surface area contributed by atoms with Crippen molar-refractivity contribution in [2.75, 3.05) is 18.6 Å². The van der Waals surface area contributed by atoms with Crippen molar-refractivity contribution in [3.8, 4) is 0 Å². The SMILES string of the molecule is CSCC(C)NC(=O)N(CC(=O)O)C(C)C. The van der Waals surface area contributed by atoms with Gasteiger partial charge in [-0.05, 0) is 27.0 Å². The average Bonchev–Trinajstić information content (AvgIpc) is 2.13. The van der Waals surface area contributed by atoms with Crippen LogP contribution in [0.3, 0.4) is 0 Å². The zero-order valence-corrected chi connectivity index (χ0v) is 11.0. The third-order valence-electron chi connectivity index (χ3n) is 1.98. The molecular weight excluding hydrogens is 228 g/mol. The highest BCUT2D eigenvalue weighted by Gasteiger charge is 2.20. The van der Waals surface area contributed by atoms with E-state index in [1.165, 1.54) is 4.90 Å². The number of rotatable bonds is 6. The number of thioether (sulfide) groups is 1. The van der Waals surface area contributed by atoms with Gasteiger partial charge in [-0.3, -0.25) is 4.79 Å². The van der Waals surface area contributed by atoms with Crippen LogP contribution in [0.15, 0.2) is 0 Å². The van der Waals surface area contributed by atoms with Crippen molar-refractivity contribution < 1.29 is 14.7 Å². The van der Waals surface area contributed by atoms with E-state index in [2.05, 4.69) is 5.32 Å². The van der Waals surface area contributed by atoms with Gasteiger partial charge in [-0.25, -0.2) is 4.79 Å². The summed E-state index contributed by atoms with van der Waals surface area (Å²) in [6, 6.07) is -0.408. The highest BCUT2D eigenvalue weighted by Crippen LogP contribution is 2.01. The fourth-order valence-corrected chi connectivity index (χ4v) is 1.80. The van der Waals surface area contributed by atoms with Crippen LogP contribution in [-0.2, 0) is 4.79 Å². The van der Waals surface area contributed by atoms with Gasteiger partial charge >= 0.3 is 12.0 Å². The molecule has 0 rings (SSSR count). The molecule has 0 spiro atoms. The third-order valence-corrected chi connectivity index (χ3v) is 2.81. The van der Waals surface area contributed by atoms with Crippen molar-refractivity contribution in [1.82, 2.24) is 10.2 Å². The molecule has 6 heteroatoms. The lowest BCUT2D eigenvalue weighted by Gasteiger charge is -2.26. The molecule has 0 bridgehead atoms. The van der Waals surface area contributed by atoms with E-state index in [1.807, 2.05) is 13.2 Å². The quantitative estimate of drug-likeness (QED) is 0.742. The highest BCUT2D eigenvalue weighted by molar-refractivity contribution is 7.98. The number of nitrogens with one attached hydrogen (secondary N) is 1. The molecule has 0 saturated carbocycles. The molecule has 0 radical (unpaired) electrons. The number of amides is 2. The number of hydrogen-bond acceptors (Lipinski definition) is 3. The smallest absolute Gasteiger partial charge is 0.323 e. The van der Waals surface area contributed by atoms with Gasteiger partial charge in [0.15, 0.2) is 0 Å². The number of carboxylic acid groups (broad SMARTS) is 1. The Morgan fingerprint density at radius 3 is 2.31 bits per heavy atom. The predicted octanol–water partition coefficient (Wildman–Crippen LogP) is 1.24. The Morgan fingerprint density at radius 2 is 1.94 bits per heavy atom. The minimum atomic E-state index is -0.999. The monoisotopic (exact) mass is 248 g/mol. The van der Waals surface area contributed by atoms with Gasteiger partial charge < -0.3 is 15.3 Å². The zero-order valence-electron chi connectivity index (χ0n) is 10.2. The predicted molar refractivity (Wildman–Crippen MR) is 65.9 cm³/mol. The van der Waals surface area contributed by atoms with Gasteiger partial charge in [0.05, 0.1) is 0 Å². The van der Waals surface area contributed by atoms with E-state index in [4.69, 9.17) is 5.11 Å². The highest BCUT2D eigenvalue weighted by atomic mass is 32.2. The molecule has 0 aliphatic carbocycles. The topological polar surface area (TPSA) is 69.6 Å². The summed E-state index contributed by atoms with van der Waals surface area (Å²) < 4.78 is 0. The first-order valence-corrected chi connectivity index (χ1v) is 6.55. The maximum Gasteiger partial charge on any atom is 0.323 e. The lowest BCUT2D eigenvalue weighted by molar-refractivity contribution is -0.138. The molecule has 0 fully saturated rings. The maximum absolute atomic E-state index is 11.7. The Labute approximate surface area is 101 Å². The minimum Gasteiger partial charge on any atom is -0.480 e. The number of urea groups is 1. The standard InChI is InChI=1S/C10H20N2O3S/c1-7(2)12(5-9(13)14)10(15)11-8(3)6-16-4/h7-8H,5-6H2,1-4H3,(H,11,15)(H,13,14). The van der Waals surface area contributed by atoms with Crippen LogP contribution in [0.1, 0.15) is 20.8 Å². The molecule has 0 aliphatic heterocycles. The summed E-state index contributed by atoms with van der Waals surface area (Å²) >= 11 is 1.64. The Kier molecular flexibility index (Phi) is 6.96. The van der Waals surface area contributed by atoms with Gasteiger partial charge in [0, 0.05) is 17.8 Å². The normalized spacial score (nSPS) is 12.3.